The number of aryl methyl sites for hydroxylation is 3. The minimum Gasteiger partial charge on any atom is -0.424 e. The Bertz CT molecular complexity index is 1730. The highest BCUT2D eigenvalue weighted by molar-refractivity contribution is 6.08. The van der Waals surface area contributed by atoms with Crippen LogP contribution >= 0.6 is 0 Å². The largest absolute Gasteiger partial charge is 0.424 e. The summed E-state index contributed by atoms with van der Waals surface area (Å²) >= 11 is 0. The van der Waals surface area contributed by atoms with Crippen molar-refractivity contribution < 1.29 is 13.9 Å². The summed E-state index contributed by atoms with van der Waals surface area (Å²) in [4.78, 5) is 28.7. The second kappa shape index (κ2) is 9.74. The third-order valence-electron chi connectivity index (χ3n) is 6.11. The number of nitrogens with zero attached hydrogens (tertiary/aromatic N) is 5. The third kappa shape index (κ3) is 4.43. The van der Waals surface area contributed by atoms with Gasteiger partial charge in [-0.2, -0.15) is 0 Å². The molecular formula is C28H24FN7O2. The Morgan fingerprint density at radius 2 is 1.95 bits per heavy atom. The van der Waals surface area contributed by atoms with Gasteiger partial charge in [0.2, 0.25) is 5.91 Å². The van der Waals surface area contributed by atoms with Crippen LogP contribution in [-0.4, -0.2) is 30.4 Å². The number of hydrogen-bond donors (Lipinski definition) is 2. The number of anilines is 2. The van der Waals surface area contributed by atoms with Gasteiger partial charge in [-0.25, -0.2) is 24.3 Å². The zero-order valence-electron chi connectivity index (χ0n) is 21.0. The van der Waals surface area contributed by atoms with Crippen molar-refractivity contribution in [3.8, 4) is 34.1 Å². The van der Waals surface area contributed by atoms with Crippen molar-refractivity contribution in [2.75, 3.05) is 11.1 Å². The molecule has 9 nitrogen and oxygen atoms in total. The monoisotopic (exact) mass is 509 g/mol. The molecule has 5 aromatic rings. The first-order valence-corrected chi connectivity index (χ1v) is 11.7. The summed E-state index contributed by atoms with van der Waals surface area (Å²) in [5.74, 6) is -0.106. The zero-order valence-corrected chi connectivity index (χ0v) is 21.0. The van der Waals surface area contributed by atoms with Gasteiger partial charge in [-0.1, -0.05) is 12.6 Å². The van der Waals surface area contributed by atoms with E-state index in [0.29, 0.717) is 39.3 Å². The molecular weight excluding hydrogens is 485 g/mol. The normalized spacial score (nSPS) is 10.9. The molecule has 10 heteroatoms. The lowest BCUT2D eigenvalue weighted by atomic mass is 9.97. The molecule has 1 amide bonds. The van der Waals surface area contributed by atoms with E-state index in [1.807, 2.05) is 32.0 Å². The molecule has 0 spiro atoms. The summed E-state index contributed by atoms with van der Waals surface area (Å²) in [6.07, 6.45) is 4.13. The first kappa shape index (κ1) is 24.6. The molecule has 190 valence electrons. The summed E-state index contributed by atoms with van der Waals surface area (Å²) in [5, 5.41) is 3.17. The van der Waals surface area contributed by atoms with Crippen molar-refractivity contribution in [2.24, 2.45) is 7.05 Å². The maximum atomic E-state index is 15.5. The Labute approximate surface area is 217 Å². The van der Waals surface area contributed by atoms with Crippen LogP contribution < -0.4 is 15.8 Å². The quantitative estimate of drug-likeness (QED) is 0.296. The van der Waals surface area contributed by atoms with E-state index in [1.54, 1.807) is 36.0 Å². The number of hydrogen-bond acceptors (Lipinski definition) is 7. The summed E-state index contributed by atoms with van der Waals surface area (Å²) in [7, 11) is 1.79. The first-order valence-electron chi connectivity index (χ1n) is 11.7. The Kier molecular flexibility index (Phi) is 6.29. The fraction of sp³-hybridized carbons (Fsp3) is 0.107. The second-order valence-corrected chi connectivity index (χ2v) is 8.69. The van der Waals surface area contributed by atoms with Gasteiger partial charge in [-0.15, -0.1) is 0 Å². The Morgan fingerprint density at radius 1 is 1.13 bits per heavy atom. The Hall–Kier alpha value is -5.12. The predicted molar refractivity (Wildman–Crippen MR) is 144 cm³/mol. The van der Waals surface area contributed by atoms with Crippen LogP contribution in [0.25, 0.3) is 33.4 Å². The van der Waals surface area contributed by atoms with Gasteiger partial charge in [0.15, 0.2) is 0 Å². The van der Waals surface area contributed by atoms with Gasteiger partial charge in [0.05, 0.1) is 11.1 Å². The SMILES string of the molecule is C=CC(=O)Nc1ccc(-c2c(-c3ccc(Oc4nccc(C)n4)c(C)c3)c3c(N)ncnc3n2C)c(F)c1. The summed E-state index contributed by atoms with van der Waals surface area (Å²) in [6.45, 7) is 7.18. The van der Waals surface area contributed by atoms with E-state index in [-0.39, 0.29) is 11.8 Å². The van der Waals surface area contributed by atoms with E-state index >= 15 is 4.39 Å². The molecule has 0 aliphatic rings. The number of rotatable bonds is 6. The number of nitrogen functional groups attached to an aromatic ring is 1. The van der Waals surface area contributed by atoms with E-state index < -0.39 is 11.7 Å². The average molecular weight is 510 g/mol. The molecule has 0 atom stereocenters. The van der Waals surface area contributed by atoms with E-state index in [1.165, 1.54) is 12.4 Å². The molecule has 0 bridgehead atoms. The molecule has 0 aliphatic heterocycles. The summed E-state index contributed by atoms with van der Waals surface area (Å²) < 4.78 is 23.2. The van der Waals surface area contributed by atoms with Crippen molar-refractivity contribution in [3.05, 3.63) is 84.7 Å². The number of nitrogens with two attached hydrogens (primary N) is 1. The second-order valence-electron chi connectivity index (χ2n) is 8.69. The first-order chi connectivity index (χ1) is 18.3. The van der Waals surface area contributed by atoms with Crippen LogP contribution in [0, 0.1) is 19.7 Å². The van der Waals surface area contributed by atoms with Gasteiger partial charge in [-0.3, -0.25) is 4.79 Å². The van der Waals surface area contributed by atoms with Crippen LogP contribution in [0.5, 0.6) is 11.8 Å². The van der Waals surface area contributed by atoms with Crippen LogP contribution in [-0.2, 0) is 11.8 Å². The molecule has 3 N–H and O–H groups in total. The Balaban J connectivity index is 1.66. The van der Waals surface area contributed by atoms with Crippen molar-refractivity contribution in [3.63, 3.8) is 0 Å². The number of nitrogens with one attached hydrogen (secondary N) is 1. The fourth-order valence-electron chi connectivity index (χ4n) is 4.34. The molecule has 3 aromatic heterocycles. The fourth-order valence-corrected chi connectivity index (χ4v) is 4.34. The lowest BCUT2D eigenvalue weighted by Crippen LogP contribution is -2.07. The van der Waals surface area contributed by atoms with E-state index in [2.05, 4.69) is 31.8 Å². The molecule has 5 rings (SSSR count). The summed E-state index contributed by atoms with van der Waals surface area (Å²) in [5.41, 5.74) is 11.1. The molecule has 0 aliphatic carbocycles. The number of amides is 1. The van der Waals surface area contributed by atoms with Crippen molar-refractivity contribution in [2.45, 2.75) is 13.8 Å². The van der Waals surface area contributed by atoms with E-state index in [0.717, 1.165) is 22.9 Å². The number of benzene rings is 2. The lowest BCUT2D eigenvalue weighted by molar-refractivity contribution is -0.111. The molecule has 0 fully saturated rings. The molecule has 2 aromatic carbocycles. The Morgan fingerprint density at radius 3 is 2.66 bits per heavy atom. The van der Waals surface area contributed by atoms with Crippen LogP contribution in [0.1, 0.15) is 11.3 Å². The number of carbonyl (C=O) groups is 1. The number of halogens is 1. The van der Waals surface area contributed by atoms with Gasteiger partial charge < -0.3 is 20.4 Å². The van der Waals surface area contributed by atoms with Gasteiger partial charge in [0, 0.05) is 35.8 Å². The van der Waals surface area contributed by atoms with Crippen LogP contribution in [0.15, 0.2) is 67.6 Å². The number of aromatic nitrogens is 5. The highest BCUT2D eigenvalue weighted by atomic mass is 19.1. The molecule has 0 unspecified atom stereocenters. The third-order valence-corrected chi connectivity index (χ3v) is 6.11. The zero-order chi connectivity index (χ0) is 27.0. The highest BCUT2D eigenvalue weighted by Gasteiger charge is 2.24. The van der Waals surface area contributed by atoms with Gasteiger partial charge in [0.1, 0.15) is 29.4 Å². The molecule has 0 saturated heterocycles. The molecule has 3 heterocycles. The van der Waals surface area contributed by atoms with Gasteiger partial charge in [0.25, 0.3) is 0 Å². The number of fused-ring (bicyclic) bond motifs is 1. The van der Waals surface area contributed by atoms with Crippen molar-refractivity contribution in [1.82, 2.24) is 24.5 Å². The summed E-state index contributed by atoms with van der Waals surface area (Å²) in [6, 6.07) is 12.1. The standard InChI is InChI=1S/C28H24FN7O2/c1-5-22(37)35-18-7-8-19(20(29)13-18)25-23(24-26(30)32-14-33-27(24)36(25)4)17-6-9-21(15(2)12-17)38-28-31-11-10-16(3)34-28/h5-14H,1H2,2-4H3,(H,35,37)(H2,30,32,33). The minimum atomic E-state index is -0.529. The van der Waals surface area contributed by atoms with Gasteiger partial charge in [-0.05, 0) is 67.4 Å². The maximum absolute atomic E-state index is 15.5. The topological polar surface area (TPSA) is 121 Å². The van der Waals surface area contributed by atoms with Crippen molar-refractivity contribution in [1.29, 1.82) is 0 Å². The van der Waals surface area contributed by atoms with E-state index in [4.69, 9.17) is 10.5 Å². The van der Waals surface area contributed by atoms with E-state index in [9.17, 15) is 4.79 Å². The van der Waals surface area contributed by atoms with Crippen molar-refractivity contribution >= 4 is 28.4 Å². The van der Waals surface area contributed by atoms with Crippen LogP contribution in [0.4, 0.5) is 15.9 Å². The minimum absolute atomic E-state index is 0.245. The van der Waals surface area contributed by atoms with Crippen LogP contribution in [0.3, 0.4) is 0 Å². The van der Waals surface area contributed by atoms with Gasteiger partial charge >= 0.3 is 6.01 Å². The number of ether oxygens (including phenoxy) is 1. The molecule has 0 saturated carbocycles. The number of carbonyl (C=O) groups excluding carboxylic acids is 1. The smallest absolute Gasteiger partial charge is 0.322 e. The average Bonchev–Trinajstić information content (AvgIpc) is 3.18. The van der Waals surface area contributed by atoms with Crippen LogP contribution in [0.2, 0.25) is 0 Å². The maximum Gasteiger partial charge on any atom is 0.322 e. The predicted octanol–water partition coefficient (Wildman–Crippen LogP) is 5.35. The molecule has 0 radical (unpaired) electrons. The lowest BCUT2D eigenvalue weighted by Gasteiger charge is -2.13. The molecule has 38 heavy (non-hydrogen) atoms. The highest BCUT2D eigenvalue weighted by Crippen LogP contribution is 2.43.